The Kier molecular flexibility index (Phi) is 36.1. The summed E-state index contributed by atoms with van der Waals surface area (Å²) in [5.41, 5.74) is 0.862. The Hall–Kier alpha value is -5.46. The van der Waals surface area contributed by atoms with Crippen LogP contribution in [0.15, 0.2) is 47.6 Å². The number of Topliss-reactive ketones (excluding diaryl/α,β-unsaturated/α-hetero) is 1. The predicted octanol–water partition coefficient (Wildman–Crippen LogP) is -13.1. The molecule has 5 heterocycles. The number of halogens is 2. The second kappa shape index (κ2) is 42.2. The van der Waals surface area contributed by atoms with Crippen molar-refractivity contribution in [1.82, 2.24) is 15.4 Å². The number of carbonyl (C=O) groups is 5. The molecule has 4 aliphatic carbocycles. The number of aliphatic carboxylic acids is 2. The number of nitro groups is 1. The summed E-state index contributed by atoms with van der Waals surface area (Å²) in [5.74, 6) is -9.38. The molecule has 9 aliphatic rings. The number of amides is 2. The highest BCUT2D eigenvalue weighted by Crippen LogP contribution is 2.75. The molecule has 58 nitrogen and oxygen atoms in total. The van der Waals surface area contributed by atoms with Crippen LogP contribution in [0, 0.1) is 39.2 Å². The summed E-state index contributed by atoms with van der Waals surface area (Å²) in [4.78, 5) is 69.0. The van der Waals surface area contributed by atoms with Crippen LogP contribution < -0.4 is 21.1 Å². The number of aliphatic hydroxyl groups is 17. The maximum absolute atomic E-state index is 12.7. The van der Waals surface area contributed by atoms with E-state index in [1.54, 1.807) is 26.0 Å². The predicted molar refractivity (Wildman–Crippen MR) is 404 cm³/mol. The van der Waals surface area contributed by atoms with Gasteiger partial charge in [-0.3, -0.25) is 47.3 Å². The van der Waals surface area contributed by atoms with Crippen LogP contribution in [0.3, 0.4) is 0 Å². The Bertz CT molecular complexity index is 4780. The van der Waals surface area contributed by atoms with Gasteiger partial charge in [-0.2, -0.15) is 46.8 Å². The number of non-ortho nitro benzene ring substituents is 1. The molecule has 5 aliphatic heterocycles. The number of carbonyl (C=O) groups excluding carboxylic acids is 3. The van der Waals surface area contributed by atoms with Crippen molar-refractivity contribution >= 4 is 110 Å². The second-order valence-electron chi connectivity index (χ2n) is 30.7. The third kappa shape index (κ3) is 25.0. The molecule has 35 atom stereocenters. The van der Waals surface area contributed by atoms with Gasteiger partial charge in [-0.15, -0.1) is 0 Å². The van der Waals surface area contributed by atoms with Crippen molar-refractivity contribution in [2.24, 2.45) is 34.8 Å². The molecule has 2 amide bonds. The molecule has 2 saturated carbocycles. The van der Waals surface area contributed by atoms with Crippen LogP contribution in [0.1, 0.15) is 52.7 Å². The monoisotopic (exact) mass is 2000 g/mol. The molecule has 0 bridgehead atoms. The summed E-state index contributed by atoms with van der Waals surface area (Å²) < 4.78 is 227. The fourth-order valence-electron chi connectivity index (χ4n) is 16.1. The van der Waals surface area contributed by atoms with Gasteiger partial charge in [0.2, 0.25) is 5.91 Å². The van der Waals surface area contributed by atoms with Crippen molar-refractivity contribution in [2.45, 2.75) is 234 Å². The molecule has 734 valence electrons. The number of hydrogen-bond donors (Lipinski definition) is 28. The van der Waals surface area contributed by atoms with E-state index in [2.05, 4.69) is 22.0 Å². The normalized spacial score (nSPS) is 39.3. The van der Waals surface area contributed by atoms with E-state index in [4.69, 9.17) is 86.7 Å². The van der Waals surface area contributed by atoms with Gasteiger partial charge in [0.25, 0.3) is 11.6 Å². The van der Waals surface area contributed by atoms with Crippen LogP contribution in [-0.2, 0) is 131 Å². The van der Waals surface area contributed by atoms with E-state index in [9.17, 15) is 176 Å². The number of ketones is 1. The second-order valence-corrected chi connectivity index (χ2v) is 37.2. The zero-order valence-electron chi connectivity index (χ0n) is 66.2. The minimum Gasteiger partial charge on any atom is -0.479 e. The third-order valence-corrected chi connectivity index (χ3v) is 25.0. The van der Waals surface area contributed by atoms with Crippen molar-refractivity contribution < 1.29 is 245 Å². The van der Waals surface area contributed by atoms with Gasteiger partial charge in [-0.05, 0) is 35.8 Å². The number of benzene rings is 1. The van der Waals surface area contributed by atoms with Gasteiger partial charge in [0.1, 0.15) is 109 Å². The number of carboxylic acid groups (broad SMARTS) is 2. The molecule has 7 fully saturated rings. The van der Waals surface area contributed by atoms with Gasteiger partial charge in [-0.25, -0.2) is 26.3 Å². The fourth-order valence-corrected chi connectivity index (χ4v) is 18.6. The smallest absolute Gasteiger partial charge is 0.397 e. The number of nitrogens with one attached hydrogen (secondary N) is 3. The van der Waals surface area contributed by atoms with Crippen LogP contribution in [0.2, 0.25) is 0 Å². The van der Waals surface area contributed by atoms with E-state index >= 15 is 0 Å². The van der Waals surface area contributed by atoms with E-state index in [0.29, 0.717) is 16.7 Å². The highest BCUT2D eigenvalue weighted by molar-refractivity contribution is 7.83. The molecule has 65 heteroatoms. The molecule has 5 saturated heterocycles. The molecule has 10 rings (SSSR count). The summed E-state index contributed by atoms with van der Waals surface area (Å²) in [6, 6.07) is -1.94. The Morgan fingerprint density at radius 1 is 0.633 bits per heavy atom. The third-order valence-electron chi connectivity index (χ3n) is 22.2. The topological polar surface area (TPSA) is 958 Å². The largest absolute Gasteiger partial charge is 0.479 e. The number of aliphatic hydroxyl groups excluding tert-OH is 14. The van der Waals surface area contributed by atoms with Crippen molar-refractivity contribution in [2.75, 3.05) is 33.0 Å². The van der Waals surface area contributed by atoms with Gasteiger partial charge >= 0.3 is 63.8 Å². The number of nitrogens with two attached hydrogens (primary N) is 1. The Labute approximate surface area is 732 Å². The van der Waals surface area contributed by atoms with E-state index in [1.165, 1.54) is 29.0 Å². The first-order valence-electron chi connectivity index (χ1n) is 36.9. The number of nitrogens with zero attached hydrogens (tertiary/aromatic N) is 1. The molecule has 20 unspecified atom stereocenters. The van der Waals surface area contributed by atoms with Gasteiger partial charge < -0.3 is 151 Å². The molecule has 128 heavy (non-hydrogen) atoms. The average molecular weight is 2000 g/mol. The standard InChI is InChI=1S/C26H42N2O37S5.C20H28O6.C11H12Cl2N2O5.C6H13NO5/c1-4(30)27-7-9(31)13(6(56-23(7)39)3-55-67(43,44)45)58-26-19(65-70(52,53)54)12(34)16(20(62-26)22(37)38)60-24-8(28-66(40,41)42)15(63-68(46,47)48)14(5(2-29)57-24)59-25-18(64-69(49,50)51)11(33)10(32)17(61-25)21(35)36;1-9-5-13-18(24,15(9)22)7-11(8-21)6-12-14-17(3,4)20(14,26)16(23)10(2)19(12,13)25;12-10(13)11(18)14-8(5-16)9(17)6-1-3-7(4-2-6)15(19)20;7-3-5(10)4(9)2(1-8)12-6(3)11/h5-20,23-26,28-29,31-34,39H,2-3H2,1H3,(H,27,30)(H,35,36)(H,37,38)(H,40,41,42)(H,43,44,45)(H,46,47,48)(H,49,50,51)(H,52,53,54);5-6,10,12-14,16,21,23-26H,7-8H2,1-4H3;1-4,8-10,16-17H,5H2,(H,14,18);2-6,8-11H,1,7H2/t;10-,12+,13-,14-,16-,18-,19-,20-;8-,9-;2-,3-,4-,5-,6-/m.111/s1. The van der Waals surface area contributed by atoms with Gasteiger partial charge in [-0.1, -0.05) is 56.1 Å². The summed E-state index contributed by atoms with van der Waals surface area (Å²) in [6.07, 6.45) is -53.1. The maximum Gasteiger partial charge on any atom is 0.397 e. The van der Waals surface area contributed by atoms with E-state index in [-0.39, 0.29) is 18.7 Å². The van der Waals surface area contributed by atoms with Crippen molar-refractivity contribution in [3.8, 4) is 0 Å². The Balaban J connectivity index is 0.000000307. The number of ether oxygens (including phenoxy) is 8. The summed E-state index contributed by atoms with van der Waals surface area (Å²) >= 11 is 10.7. The minimum atomic E-state index is -6.09. The molecule has 0 radical (unpaired) electrons. The van der Waals surface area contributed by atoms with Crippen LogP contribution >= 0.6 is 23.2 Å². The summed E-state index contributed by atoms with van der Waals surface area (Å²) in [7, 11) is -29.1. The first-order chi connectivity index (χ1) is 58.6. The molecule has 1 aromatic carbocycles. The number of rotatable bonds is 29. The van der Waals surface area contributed by atoms with Crippen LogP contribution in [-0.4, -0.2) is 416 Å². The van der Waals surface area contributed by atoms with Crippen LogP contribution in [0.4, 0.5) is 5.69 Å². The lowest BCUT2D eigenvalue weighted by Crippen LogP contribution is -2.71. The molecule has 1 aromatic rings. The van der Waals surface area contributed by atoms with Crippen LogP contribution in [0.5, 0.6) is 0 Å². The van der Waals surface area contributed by atoms with Crippen molar-refractivity contribution in [1.29, 1.82) is 0 Å². The Morgan fingerprint density at radius 2 is 1.14 bits per heavy atom. The van der Waals surface area contributed by atoms with E-state index in [1.807, 2.05) is 19.2 Å². The minimum absolute atomic E-state index is 0.0615. The highest BCUT2D eigenvalue weighted by Gasteiger charge is 2.84. The van der Waals surface area contributed by atoms with E-state index < -0.39 is 335 Å². The molecule has 29 N–H and O–H groups in total. The zero-order valence-corrected chi connectivity index (χ0v) is 71.7. The SMILES string of the molecule is CC(=O)NC1C(O)OC(COS(=O)(=O)O)C(OC2OC(C(=O)O)C(OC3OC(CO)C(OC4OC(C(=O)O)C(O)C(O)C4OS(=O)(=O)O)C(OS(=O)(=O)O)C3NS(=O)(=O)O)C(O)C2OS(=O)(=O)O)C1O.CC1=C[C@H]2[C@@]3(O)[C@H](C)[C@@H](O)[C@]4(O)[C@H]([C@@H]3C=C(CO)C[C@]2(O)C1=O)C4(C)C.N[C@@H]1[C@@H](O)[C@H](O)[C@@H](CO)O[C@H]1O.O=C(N[C@H](CO)[C@H](O)c1ccc([N+](=O)[O-])cc1)C(Cl)Cl. The maximum atomic E-state index is 12.7. The lowest BCUT2D eigenvalue weighted by molar-refractivity contribution is -0.384. The van der Waals surface area contributed by atoms with Crippen LogP contribution in [0.25, 0.3) is 0 Å². The summed E-state index contributed by atoms with van der Waals surface area (Å²) in [6.45, 7) is 3.37. The first-order valence-corrected chi connectivity index (χ1v) is 44.6. The summed E-state index contributed by atoms with van der Waals surface area (Å²) in [5, 5.41) is 209. The number of carboxylic acids is 2. The lowest BCUT2D eigenvalue weighted by atomic mass is 9.59. The molecule has 0 aromatic heterocycles. The zero-order chi connectivity index (χ0) is 97.4. The number of fused-ring (bicyclic) bond motifs is 5. The van der Waals surface area contributed by atoms with Crippen molar-refractivity contribution in [3.63, 3.8) is 0 Å². The quantitative estimate of drug-likeness (QED) is 0.0116. The molecular formula is C63H95Cl2N5O53S5. The number of hydrogen-bond acceptors (Lipinski definition) is 47. The number of nitro benzene ring substituents is 1. The van der Waals surface area contributed by atoms with Gasteiger partial charge in [0.05, 0.1) is 61.7 Å². The van der Waals surface area contributed by atoms with Crippen molar-refractivity contribution in [3.05, 3.63) is 63.2 Å². The number of alkyl halides is 2. The fraction of sp³-hybridized carbons (Fsp3) is 0.762. The molecule has 0 spiro atoms. The lowest BCUT2D eigenvalue weighted by Gasteiger charge is -2.51. The van der Waals surface area contributed by atoms with Gasteiger partial charge in [0.15, 0.2) is 66.5 Å². The average Bonchev–Trinajstić information content (AvgIpc) is 1.47. The highest BCUT2D eigenvalue weighted by atomic mass is 35.5. The Morgan fingerprint density at radius 3 is 1.62 bits per heavy atom. The van der Waals surface area contributed by atoms with Gasteiger partial charge in [0, 0.05) is 54.6 Å². The van der Waals surface area contributed by atoms with E-state index in [0.717, 1.165) is 6.92 Å². The molecular weight excluding hydrogens is 1910 g/mol. The first kappa shape index (κ1) is 110.